The second kappa shape index (κ2) is 17.9. The Morgan fingerprint density at radius 2 is 0.329 bits per heavy atom. The average molecular weight is 1160 g/mol. The molecule has 0 aliphatic heterocycles. The van der Waals surface area contributed by atoms with Gasteiger partial charge in [-0.15, -0.1) is 0 Å². The highest BCUT2D eigenvalue weighted by molar-refractivity contribution is 7.90. The Labute approximate surface area is 398 Å². The highest BCUT2D eigenvalue weighted by Crippen LogP contribution is 2.69. The Balaban J connectivity index is 1.80. The van der Waals surface area contributed by atoms with Crippen LogP contribution in [0.2, 0.25) is 0 Å². The number of fused-ring (bicyclic) bond motifs is 4. The number of benzene rings is 8. The highest BCUT2D eigenvalue weighted by atomic mass is 31.2. The van der Waals surface area contributed by atoms with Crippen molar-refractivity contribution in [2.45, 2.75) is 19.9 Å². The molecule has 8 aromatic carbocycles. The summed E-state index contributed by atoms with van der Waals surface area (Å²) in [6, 6.07) is -3.50. The van der Waals surface area contributed by atoms with Crippen LogP contribution < -0.4 is 21.2 Å². The third-order valence-electron chi connectivity index (χ3n) is 11.5. The largest absolute Gasteiger partial charge is 0.295 e. The van der Waals surface area contributed by atoms with Crippen molar-refractivity contribution in [3.05, 3.63) is 163 Å². The Bertz CT molecular complexity index is 3650. The summed E-state index contributed by atoms with van der Waals surface area (Å²) in [7, 11) is -17.6. The van der Waals surface area contributed by atoms with E-state index in [4.69, 9.17) is 0 Å². The summed E-state index contributed by atoms with van der Waals surface area (Å²) in [5.74, 6) is -98.7. The van der Waals surface area contributed by atoms with Crippen molar-refractivity contribution >= 4 is 78.9 Å². The Morgan fingerprint density at radius 3 is 0.461 bits per heavy atom. The van der Waals surface area contributed by atoms with E-state index in [0.717, 1.165) is 0 Å². The van der Waals surface area contributed by atoms with E-state index in [0.29, 0.717) is 0 Å². The van der Waals surface area contributed by atoms with Gasteiger partial charge in [0.05, 0.1) is 43.1 Å². The maximum atomic E-state index is 17.3. The minimum atomic E-state index is -8.82. The van der Waals surface area contributed by atoms with E-state index >= 15 is 96.9 Å². The zero-order valence-corrected chi connectivity index (χ0v) is 37.1. The first kappa shape index (κ1) is 55.5. The minimum Gasteiger partial charge on any atom is -0.295 e. The van der Waals surface area contributed by atoms with Crippen LogP contribution in [-0.2, 0) is 9.13 Å². The summed E-state index contributed by atoms with van der Waals surface area (Å²) in [4.78, 5) is 0. The lowest BCUT2D eigenvalue weighted by Crippen LogP contribution is -2.46. The van der Waals surface area contributed by atoms with Gasteiger partial charge in [0.1, 0.15) is 44.5 Å². The van der Waals surface area contributed by atoms with Crippen molar-refractivity contribution in [3.63, 3.8) is 0 Å². The van der Waals surface area contributed by atoms with Crippen LogP contribution in [0.3, 0.4) is 0 Å². The zero-order chi connectivity index (χ0) is 57.2. The fraction of sp³-hybridized carbons (Fsp3) is 0.0698. The molecule has 0 fully saturated rings. The normalized spacial score (nSPS) is 12.7. The maximum Gasteiger partial charge on any atom is 0.225 e. The van der Waals surface area contributed by atoms with E-state index in [1.807, 2.05) is 0 Å². The second-order valence-electron chi connectivity index (χ2n) is 15.8. The van der Waals surface area contributed by atoms with Crippen LogP contribution in [0.25, 0.3) is 43.1 Å². The molecule has 0 aliphatic carbocycles. The molecule has 0 bridgehead atoms. The third-order valence-corrected chi connectivity index (χ3v) is 19.1. The molecule has 33 heteroatoms. The lowest BCUT2D eigenvalue weighted by atomic mass is 10.1. The molecule has 8 aromatic rings. The summed E-state index contributed by atoms with van der Waals surface area (Å²) in [6.45, 7) is -0.287. The van der Waals surface area contributed by atoms with Gasteiger partial charge >= 0.3 is 0 Å². The van der Waals surface area contributed by atoms with Crippen molar-refractivity contribution in [3.8, 4) is 0 Å². The van der Waals surface area contributed by atoms with Crippen LogP contribution in [-0.4, -0.2) is 10.5 Å². The Kier molecular flexibility index (Phi) is 13.1. The molecule has 0 heterocycles. The standard InChI is InChI=1S/C43H7F28NO2P2/c1-3(2)72(75(73,40-24(56)8-4(20(52)36(40)68)12(44)28(60)32(64)16(8)48)41-25(57)9-5(21(53)37(41)69)13(45)29(61)33(65)17(9)49)76(74,42-26(58)10-6(22(54)38(42)70)14(46)30(62)34(66)18(10)50)43-27(59)11-7(23(55)39(43)71)15(47)31(63)35(67)19(11)51/h3H,1-2H3. The quantitative estimate of drug-likeness (QED) is 0.0691. The lowest BCUT2D eigenvalue weighted by Gasteiger charge is -2.41. The van der Waals surface area contributed by atoms with Gasteiger partial charge in [0.25, 0.3) is 0 Å². The van der Waals surface area contributed by atoms with E-state index in [1.54, 1.807) is 0 Å². The minimum absolute atomic E-state index is 0.144. The van der Waals surface area contributed by atoms with Crippen molar-refractivity contribution in [1.29, 1.82) is 0 Å². The van der Waals surface area contributed by atoms with E-state index in [9.17, 15) is 35.1 Å². The van der Waals surface area contributed by atoms with E-state index in [-0.39, 0.29) is 13.8 Å². The summed E-state index contributed by atoms with van der Waals surface area (Å²) < 4.78 is 473. The molecule has 0 saturated heterocycles. The summed E-state index contributed by atoms with van der Waals surface area (Å²) in [6.07, 6.45) is 0. The fourth-order valence-corrected chi connectivity index (χ4v) is 16.4. The monoisotopic (exact) mass is 1160 g/mol. The fourth-order valence-electron chi connectivity index (χ4n) is 8.42. The van der Waals surface area contributed by atoms with Crippen LogP contribution >= 0.6 is 14.6 Å². The van der Waals surface area contributed by atoms with Gasteiger partial charge in [-0.2, -0.15) is 4.44 Å². The topological polar surface area (TPSA) is 37.4 Å². The molecule has 3 nitrogen and oxygen atoms in total. The molecule has 0 saturated carbocycles. The number of hydrogen-bond acceptors (Lipinski definition) is 2. The molecule has 0 spiro atoms. The summed E-state index contributed by atoms with van der Waals surface area (Å²) >= 11 is 0. The first-order valence-electron chi connectivity index (χ1n) is 19.4. The predicted octanol–water partition coefficient (Wildman–Crippen LogP) is 14.1. The Hall–Kier alpha value is -6.74. The van der Waals surface area contributed by atoms with E-state index in [2.05, 4.69) is 0 Å². The summed E-state index contributed by atoms with van der Waals surface area (Å²) in [5, 5.41) is -39.2. The van der Waals surface area contributed by atoms with Crippen molar-refractivity contribution in [2.24, 2.45) is 0 Å². The predicted molar refractivity (Wildman–Crippen MR) is 205 cm³/mol. The smallest absolute Gasteiger partial charge is 0.225 e. The molecule has 402 valence electrons. The molecular formula is C43H7F28NO2P2. The van der Waals surface area contributed by atoms with Crippen LogP contribution in [0.1, 0.15) is 13.8 Å². The summed E-state index contributed by atoms with van der Waals surface area (Å²) in [5.41, 5.74) is 0. The lowest BCUT2D eigenvalue weighted by molar-refractivity contribution is 0.411. The number of hydrogen-bond donors (Lipinski definition) is 0. The van der Waals surface area contributed by atoms with Crippen LogP contribution in [0.15, 0.2) is 0 Å². The van der Waals surface area contributed by atoms with Crippen LogP contribution in [0, 0.1) is 163 Å². The van der Waals surface area contributed by atoms with Crippen molar-refractivity contribution < 1.29 is 132 Å². The maximum absolute atomic E-state index is 17.3. The molecule has 0 N–H and O–H groups in total. The first-order valence-corrected chi connectivity index (χ1v) is 22.7. The average Bonchev–Trinajstić information content (AvgIpc) is 3.40. The van der Waals surface area contributed by atoms with Crippen LogP contribution in [0.5, 0.6) is 0 Å². The van der Waals surface area contributed by atoms with Crippen molar-refractivity contribution in [2.75, 3.05) is 0 Å². The SMILES string of the molecule is CC(C)N(P(=O)(c1c(F)c(F)c2c(F)c(F)c(F)c(F)c2c1F)c1c(F)c(F)c2c(F)c(F)c(F)c(F)c2c1F)P(=O)(c1c(F)c(F)c2c(F)c(F)c(F)c(F)c2c1F)c1c(F)c(F)c2c(F)c(F)c(F)c(F)c2c1F. The van der Waals surface area contributed by atoms with Gasteiger partial charge < -0.3 is 0 Å². The van der Waals surface area contributed by atoms with E-state index < -0.39 is 252 Å². The molecule has 0 amide bonds. The number of halogens is 28. The van der Waals surface area contributed by atoms with Gasteiger partial charge in [-0.1, -0.05) is 0 Å². The molecule has 0 radical (unpaired) electrons. The van der Waals surface area contributed by atoms with Gasteiger partial charge in [-0.3, -0.25) is 9.13 Å². The highest BCUT2D eigenvalue weighted by Gasteiger charge is 2.60. The zero-order valence-electron chi connectivity index (χ0n) is 35.3. The number of nitrogens with zero attached hydrogens (tertiary/aromatic N) is 1. The molecule has 8 rings (SSSR count). The van der Waals surface area contributed by atoms with Gasteiger partial charge in [-0.05, 0) is 13.8 Å². The van der Waals surface area contributed by atoms with Gasteiger partial charge in [0.15, 0.2) is 140 Å². The van der Waals surface area contributed by atoms with E-state index in [1.165, 1.54) is 0 Å². The van der Waals surface area contributed by atoms with Crippen LogP contribution in [0.4, 0.5) is 123 Å². The third kappa shape index (κ3) is 6.74. The molecule has 76 heavy (non-hydrogen) atoms. The molecule has 0 aromatic heterocycles. The molecule has 0 atom stereocenters. The van der Waals surface area contributed by atoms with Gasteiger partial charge in [-0.25, -0.2) is 123 Å². The van der Waals surface area contributed by atoms with Gasteiger partial charge in [0, 0.05) is 6.04 Å². The molecule has 0 aliphatic rings. The Morgan fingerprint density at radius 1 is 0.211 bits per heavy atom. The molecular weight excluding hydrogens is 1160 g/mol. The molecule has 0 unspecified atom stereocenters. The second-order valence-corrected chi connectivity index (χ2v) is 21.0. The van der Waals surface area contributed by atoms with Gasteiger partial charge in [0.2, 0.25) is 14.6 Å². The van der Waals surface area contributed by atoms with Crippen molar-refractivity contribution in [1.82, 2.24) is 4.44 Å². The number of rotatable bonds is 7. The first-order chi connectivity index (χ1) is 35.1.